The molecule has 0 unspecified atom stereocenters. The maximum atomic E-state index is 11.6. The normalized spacial score (nSPS) is 11.9. The topological polar surface area (TPSA) is 79.3 Å². The van der Waals surface area contributed by atoms with Crippen molar-refractivity contribution in [3.05, 3.63) is 10.7 Å². The monoisotopic (exact) mass is 284 g/mol. The van der Waals surface area contributed by atoms with Crippen LogP contribution in [-0.4, -0.2) is 31.7 Å². The van der Waals surface area contributed by atoms with E-state index in [4.69, 9.17) is 16.7 Å². The van der Waals surface area contributed by atoms with E-state index in [1.165, 1.54) is 6.20 Å². The van der Waals surface area contributed by atoms with E-state index in [0.717, 1.165) is 17.8 Å². The summed E-state index contributed by atoms with van der Waals surface area (Å²) in [6.07, 6.45) is 3.42. The van der Waals surface area contributed by atoms with Gasteiger partial charge in [-0.25, -0.2) is 18.1 Å². The first-order chi connectivity index (χ1) is 7.56. The quantitative estimate of drug-likeness (QED) is 0.738. The van der Waals surface area contributed by atoms with Crippen LogP contribution in [0, 0.1) is 0 Å². The summed E-state index contributed by atoms with van der Waals surface area (Å²) in [4.78, 5) is 3.67. The second-order valence-electron chi connectivity index (χ2n) is 3.11. The number of halogens is 1. The van der Waals surface area contributed by atoms with E-state index in [2.05, 4.69) is 9.71 Å². The van der Waals surface area contributed by atoms with Crippen molar-refractivity contribution in [1.29, 1.82) is 0 Å². The fourth-order valence-electron chi connectivity index (χ4n) is 1.05. The molecule has 0 bridgehead atoms. The molecule has 0 aliphatic rings. The third kappa shape index (κ3) is 4.34. The predicted octanol–water partition coefficient (Wildman–Crippen LogP) is 1.24. The van der Waals surface area contributed by atoms with Crippen molar-refractivity contribution in [2.75, 3.05) is 13.2 Å². The zero-order valence-electron chi connectivity index (χ0n) is 8.52. The number of hydrogen-bond donors (Lipinski definition) is 2. The van der Waals surface area contributed by atoms with Gasteiger partial charge in [-0.2, -0.15) is 0 Å². The van der Waals surface area contributed by atoms with E-state index < -0.39 is 10.0 Å². The van der Waals surface area contributed by atoms with Gasteiger partial charge in [-0.3, -0.25) is 0 Å². The SMILES string of the molecule is O=S(=O)(NCCCCCO)c1cnc(Cl)s1. The summed E-state index contributed by atoms with van der Waals surface area (Å²) in [6.45, 7) is 0.495. The van der Waals surface area contributed by atoms with Crippen molar-refractivity contribution in [2.45, 2.75) is 23.5 Å². The van der Waals surface area contributed by atoms with Gasteiger partial charge in [0.05, 0.1) is 6.20 Å². The fourth-order valence-corrected chi connectivity index (χ4v) is 3.47. The van der Waals surface area contributed by atoms with Crippen LogP contribution in [0.25, 0.3) is 0 Å². The molecule has 0 saturated carbocycles. The molecule has 5 nitrogen and oxygen atoms in total. The Labute approximate surface area is 104 Å². The van der Waals surface area contributed by atoms with Crippen LogP contribution in [-0.2, 0) is 10.0 Å². The summed E-state index contributed by atoms with van der Waals surface area (Å²) in [5.74, 6) is 0. The first-order valence-electron chi connectivity index (χ1n) is 4.78. The Morgan fingerprint density at radius 3 is 2.75 bits per heavy atom. The molecule has 0 aliphatic carbocycles. The lowest BCUT2D eigenvalue weighted by Crippen LogP contribution is -2.24. The third-order valence-electron chi connectivity index (χ3n) is 1.85. The first-order valence-corrected chi connectivity index (χ1v) is 7.46. The number of thiazole rings is 1. The average Bonchev–Trinajstić information content (AvgIpc) is 2.65. The van der Waals surface area contributed by atoms with Crippen LogP contribution >= 0.6 is 22.9 Å². The van der Waals surface area contributed by atoms with Gasteiger partial charge >= 0.3 is 0 Å². The van der Waals surface area contributed by atoms with Gasteiger partial charge in [0.15, 0.2) is 8.68 Å². The fraction of sp³-hybridized carbons (Fsp3) is 0.625. The highest BCUT2D eigenvalue weighted by molar-refractivity contribution is 7.91. The number of unbranched alkanes of at least 4 members (excludes halogenated alkanes) is 2. The van der Waals surface area contributed by atoms with E-state index >= 15 is 0 Å². The van der Waals surface area contributed by atoms with Gasteiger partial charge in [-0.05, 0) is 19.3 Å². The largest absolute Gasteiger partial charge is 0.396 e. The molecule has 2 N–H and O–H groups in total. The lowest BCUT2D eigenvalue weighted by molar-refractivity contribution is 0.283. The van der Waals surface area contributed by atoms with Gasteiger partial charge in [0.25, 0.3) is 10.0 Å². The molecule has 1 rings (SSSR count). The van der Waals surface area contributed by atoms with Gasteiger partial charge < -0.3 is 5.11 Å². The van der Waals surface area contributed by atoms with Gasteiger partial charge in [0, 0.05) is 13.2 Å². The molecule has 8 heteroatoms. The lowest BCUT2D eigenvalue weighted by Gasteiger charge is -2.03. The number of sulfonamides is 1. The average molecular weight is 285 g/mol. The number of rotatable bonds is 7. The van der Waals surface area contributed by atoms with Crippen molar-refractivity contribution in [2.24, 2.45) is 0 Å². The number of aliphatic hydroxyl groups is 1. The molecule has 1 aromatic rings. The molecule has 0 saturated heterocycles. The van der Waals surface area contributed by atoms with Gasteiger partial charge in [0.1, 0.15) is 0 Å². The van der Waals surface area contributed by atoms with E-state index in [-0.39, 0.29) is 15.3 Å². The zero-order valence-corrected chi connectivity index (χ0v) is 10.9. The Hall–Kier alpha value is -0.210. The Balaban J connectivity index is 2.41. The molecule has 92 valence electrons. The molecular formula is C8H13ClN2O3S2. The number of nitrogens with zero attached hydrogens (tertiary/aromatic N) is 1. The van der Waals surface area contributed by atoms with Crippen LogP contribution in [0.3, 0.4) is 0 Å². The number of hydrogen-bond acceptors (Lipinski definition) is 5. The second kappa shape index (κ2) is 6.51. The molecular weight excluding hydrogens is 272 g/mol. The van der Waals surface area contributed by atoms with E-state index in [0.29, 0.717) is 19.4 Å². The van der Waals surface area contributed by atoms with Crippen molar-refractivity contribution in [3.63, 3.8) is 0 Å². The predicted molar refractivity (Wildman–Crippen MR) is 63.2 cm³/mol. The van der Waals surface area contributed by atoms with Crippen LogP contribution in [0.2, 0.25) is 4.47 Å². The van der Waals surface area contributed by atoms with Crippen LogP contribution in [0.1, 0.15) is 19.3 Å². The molecule has 0 atom stereocenters. The summed E-state index contributed by atoms with van der Waals surface area (Å²) >= 11 is 6.48. The summed E-state index contributed by atoms with van der Waals surface area (Å²) in [6, 6.07) is 0. The molecule has 0 fully saturated rings. The molecule has 0 aromatic carbocycles. The van der Waals surface area contributed by atoms with Crippen LogP contribution < -0.4 is 4.72 Å². The summed E-state index contributed by atoms with van der Waals surface area (Å²) in [5, 5.41) is 8.55. The highest BCUT2D eigenvalue weighted by Crippen LogP contribution is 2.21. The minimum atomic E-state index is -3.47. The summed E-state index contributed by atoms with van der Waals surface area (Å²) < 4.78 is 26.0. The number of aromatic nitrogens is 1. The number of aliphatic hydroxyl groups excluding tert-OH is 1. The molecule has 0 aliphatic heterocycles. The molecule has 0 spiro atoms. The smallest absolute Gasteiger partial charge is 0.251 e. The molecule has 1 heterocycles. The molecule has 16 heavy (non-hydrogen) atoms. The Kier molecular flexibility index (Phi) is 5.63. The van der Waals surface area contributed by atoms with Crippen molar-refractivity contribution < 1.29 is 13.5 Å². The third-order valence-corrected chi connectivity index (χ3v) is 4.89. The Bertz CT molecular complexity index is 419. The zero-order chi connectivity index (χ0) is 12.0. The Morgan fingerprint density at radius 1 is 1.44 bits per heavy atom. The minimum Gasteiger partial charge on any atom is -0.396 e. The summed E-state index contributed by atoms with van der Waals surface area (Å²) in [5.41, 5.74) is 0. The van der Waals surface area contributed by atoms with Gasteiger partial charge in [-0.1, -0.05) is 22.9 Å². The second-order valence-corrected chi connectivity index (χ2v) is 6.72. The van der Waals surface area contributed by atoms with Crippen molar-refractivity contribution in [1.82, 2.24) is 9.71 Å². The standard InChI is InChI=1S/C8H13ClN2O3S2/c9-8-10-6-7(15-8)16(13,14)11-4-2-1-3-5-12/h6,11-12H,1-5H2. The number of nitrogens with one attached hydrogen (secondary N) is 1. The molecule has 0 radical (unpaired) electrons. The van der Waals surface area contributed by atoms with Crippen LogP contribution in [0.15, 0.2) is 10.4 Å². The Morgan fingerprint density at radius 2 is 2.19 bits per heavy atom. The minimum absolute atomic E-state index is 0.125. The highest BCUT2D eigenvalue weighted by Gasteiger charge is 2.16. The van der Waals surface area contributed by atoms with Crippen molar-refractivity contribution >= 4 is 33.0 Å². The molecule has 1 aromatic heterocycles. The summed E-state index contributed by atoms with van der Waals surface area (Å²) in [7, 11) is -3.47. The van der Waals surface area contributed by atoms with E-state index in [1.54, 1.807) is 0 Å². The maximum Gasteiger partial charge on any atom is 0.251 e. The molecule has 0 amide bonds. The highest BCUT2D eigenvalue weighted by atomic mass is 35.5. The van der Waals surface area contributed by atoms with Gasteiger partial charge in [-0.15, -0.1) is 0 Å². The van der Waals surface area contributed by atoms with Crippen LogP contribution in [0.5, 0.6) is 0 Å². The van der Waals surface area contributed by atoms with Crippen LogP contribution in [0.4, 0.5) is 0 Å². The first kappa shape index (κ1) is 13.9. The van der Waals surface area contributed by atoms with Gasteiger partial charge in [0.2, 0.25) is 0 Å². The van der Waals surface area contributed by atoms with E-state index in [9.17, 15) is 8.42 Å². The lowest BCUT2D eigenvalue weighted by atomic mass is 10.2. The van der Waals surface area contributed by atoms with E-state index in [1.807, 2.05) is 0 Å². The maximum absolute atomic E-state index is 11.6. The van der Waals surface area contributed by atoms with Crippen molar-refractivity contribution in [3.8, 4) is 0 Å².